The lowest BCUT2D eigenvalue weighted by atomic mass is 9.96. The molecule has 0 aliphatic carbocycles. The number of rotatable bonds is 5. The predicted molar refractivity (Wildman–Crippen MR) is 114 cm³/mol. The molecule has 3 aromatic heterocycles. The zero-order valence-corrected chi connectivity index (χ0v) is 16.4. The summed E-state index contributed by atoms with van der Waals surface area (Å²) in [7, 11) is 0. The number of hydrogen-bond acceptors (Lipinski definition) is 5. The number of carbonyl (C=O) groups is 1. The van der Waals surface area contributed by atoms with Crippen LogP contribution in [0.2, 0.25) is 0 Å². The van der Waals surface area contributed by atoms with Gasteiger partial charge in [0.15, 0.2) is 0 Å². The van der Waals surface area contributed by atoms with Crippen molar-refractivity contribution in [2.75, 3.05) is 13.2 Å². The monoisotopic (exact) mass is 399 g/mol. The van der Waals surface area contributed by atoms with E-state index in [1.54, 1.807) is 24.5 Å². The Morgan fingerprint density at radius 2 is 2.07 bits per heavy atom. The molecule has 7 nitrogen and oxygen atoms in total. The Hall–Kier alpha value is -3.58. The third-order valence-electron chi connectivity index (χ3n) is 5.42. The number of aliphatic hydroxyl groups is 1. The highest BCUT2D eigenvalue weighted by atomic mass is 16.3. The highest BCUT2D eigenvalue weighted by molar-refractivity contribution is 6.03. The molecule has 4 aromatic rings. The number of aliphatic hydroxyl groups excluding tert-OH is 1. The van der Waals surface area contributed by atoms with Crippen LogP contribution in [0.15, 0.2) is 54.9 Å². The fourth-order valence-corrected chi connectivity index (χ4v) is 4.08. The Bertz CT molecular complexity index is 1230. The Kier molecular flexibility index (Phi) is 4.72. The molecule has 4 heterocycles. The molecule has 0 unspecified atom stereocenters. The average molecular weight is 399 g/mol. The second kappa shape index (κ2) is 7.68. The molecule has 7 heteroatoms. The van der Waals surface area contributed by atoms with Gasteiger partial charge in [0.2, 0.25) is 0 Å². The number of amides is 1. The standard InChI is InChI=1S/C23H21N5O2/c29-13-11-26-23(30)15-6-7-16-17(8-10-25-19(16)14-15)21-20-5-3-12-28(20)27-22(21)18-4-1-2-9-24-18/h1-2,4,6-10,14,29H,3,5,11-13H2,(H,26,30). The Morgan fingerprint density at radius 1 is 1.13 bits per heavy atom. The minimum absolute atomic E-state index is 0.0925. The summed E-state index contributed by atoms with van der Waals surface area (Å²) in [6.45, 7) is 1.04. The quantitative estimate of drug-likeness (QED) is 0.538. The van der Waals surface area contributed by atoms with Crippen LogP contribution in [0.25, 0.3) is 33.4 Å². The van der Waals surface area contributed by atoms with Gasteiger partial charge in [0.05, 0.1) is 17.8 Å². The maximum Gasteiger partial charge on any atom is 0.251 e. The van der Waals surface area contributed by atoms with Gasteiger partial charge < -0.3 is 10.4 Å². The van der Waals surface area contributed by atoms with Gasteiger partial charge >= 0.3 is 0 Å². The van der Waals surface area contributed by atoms with Gasteiger partial charge in [-0.2, -0.15) is 5.10 Å². The molecule has 0 radical (unpaired) electrons. The Labute approximate surface area is 173 Å². The molecular formula is C23H21N5O2. The highest BCUT2D eigenvalue weighted by Gasteiger charge is 2.25. The molecule has 1 aliphatic heterocycles. The molecule has 30 heavy (non-hydrogen) atoms. The summed E-state index contributed by atoms with van der Waals surface area (Å²) in [6.07, 6.45) is 5.61. The van der Waals surface area contributed by atoms with Crippen LogP contribution in [0.5, 0.6) is 0 Å². The van der Waals surface area contributed by atoms with Gasteiger partial charge in [0.1, 0.15) is 5.69 Å². The number of hydrogen-bond donors (Lipinski definition) is 2. The largest absolute Gasteiger partial charge is 0.395 e. The van der Waals surface area contributed by atoms with Crippen LogP contribution in [0, 0.1) is 0 Å². The molecule has 0 atom stereocenters. The molecule has 5 rings (SSSR count). The van der Waals surface area contributed by atoms with E-state index in [2.05, 4.69) is 20.0 Å². The molecule has 1 aromatic carbocycles. The second-order valence-electron chi connectivity index (χ2n) is 7.28. The molecule has 0 saturated heterocycles. The summed E-state index contributed by atoms with van der Waals surface area (Å²) in [5.74, 6) is -0.223. The van der Waals surface area contributed by atoms with Crippen molar-refractivity contribution in [1.82, 2.24) is 25.1 Å². The van der Waals surface area contributed by atoms with Crippen molar-refractivity contribution >= 4 is 16.8 Å². The molecule has 0 fully saturated rings. The molecule has 0 bridgehead atoms. The van der Waals surface area contributed by atoms with E-state index in [1.807, 2.05) is 30.3 Å². The SMILES string of the molecule is O=C(NCCO)c1ccc2c(-c3c(-c4ccccn4)nn4c3CCC4)ccnc2c1. The smallest absolute Gasteiger partial charge is 0.251 e. The number of carbonyl (C=O) groups excluding carboxylic acids is 1. The topological polar surface area (TPSA) is 92.9 Å². The van der Waals surface area contributed by atoms with Crippen molar-refractivity contribution in [3.8, 4) is 22.5 Å². The van der Waals surface area contributed by atoms with E-state index < -0.39 is 0 Å². The Morgan fingerprint density at radius 3 is 2.90 bits per heavy atom. The number of aromatic nitrogens is 4. The van der Waals surface area contributed by atoms with E-state index >= 15 is 0 Å². The van der Waals surface area contributed by atoms with E-state index in [9.17, 15) is 4.79 Å². The number of benzene rings is 1. The summed E-state index contributed by atoms with van der Waals surface area (Å²) >= 11 is 0. The van der Waals surface area contributed by atoms with Crippen LogP contribution in [-0.2, 0) is 13.0 Å². The maximum absolute atomic E-state index is 12.3. The van der Waals surface area contributed by atoms with Crippen LogP contribution >= 0.6 is 0 Å². The zero-order valence-electron chi connectivity index (χ0n) is 16.4. The summed E-state index contributed by atoms with van der Waals surface area (Å²) in [5, 5.41) is 17.5. The number of nitrogens with one attached hydrogen (secondary N) is 1. The zero-order chi connectivity index (χ0) is 20.5. The van der Waals surface area contributed by atoms with Gasteiger partial charge in [-0.25, -0.2) is 0 Å². The lowest BCUT2D eigenvalue weighted by molar-refractivity contribution is 0.0945. The van der Waals surface area contributed by atoms with Crippen molar-refractivity contribution < 1.29 is 9.90 Å². The summed E-state index contributed by atoms with van der Waals surface area (Å²) < 4.78 is 2.09. The van der Waals surface area contributed by atoms with Crippen molar-refractivity contribution in [3.05, 3.63) is 66.1 Å². The number of aryl methyl sites for hydroxylation is 1. The second-order valence-corrected chi connectivity index (χ2v) is 7.28. The summed E-state index contributed by atoms with van der Waals surface area (Å²) in [6, 6.07) is 13.4. The van der Waals surface area contributed by atoms with Crippen LogP contribution in [-0.4, -0.2) is 43.9 Å². The maximum atomic E-state index is 12.3. The first kappa shape index (κ1) is 18.4. The van der Waals surface area contributed by atoms with Crippen LogP contribution in [0.3, 0.4) is 0 Å². The first-order valence-electron chi connectivity index (χ1n) is 10.1. The van der Waals surface area contributed by atoms with E-state index in [1.165, 1.54) is 5.69 Å². The van der Waals surface area contributed by atoms with Crippen LogP contribution in [0.1, 0.15) is 22.5 Å². The number of fused-ring (bicyclic) bond motifs is 2. The normalized spacial score (nSPS) is 12.8. The van der Waals surface area contributed by atoms with Gasteiger partial charge in [-0.15, -0.1) is 0 Å². The molecule has 2 N–H and O–H groups in total. The number of pyridine rings is 2. The van der Waals surface area contributed by atoms with Crippen molar-refractivity contribution in [3.63, 3.8) is 0 Å². The fourth-order valence-electron chi connectivity index (χ4n) is 4.08. The number of nitrogens with zero attached hydrogens (tertiary/aromatic N) is 4. The molecular weight excluding hydrogens is 378 g/mol. The highest BCUT2D eigenvalue weighted by Crippen LogP contribution is 2.39. The van der Waals surface area contributed by atoms with Crippen LogP contribution in [0.4, 0.5) is 0 Å². The van der Waals surface area contributed by atoms with Gasteiger partial charge in [0, 0.05) is 47.7 Å². The molecule has 0 spiro atoms. The first-order chi connectivity index (χ1) is 14.8. The lowest BCUT2D eigenvalue weighted by Crippen LogP contribution is -2.26. The van der Waals surface area contributed by atoms with E-state index in [4.69, 9.17) is 10.2 Å². The van der Waals surface area contributed by atoms with Crippen LogP contribution < -0.4 is 5.32 Å². The first-order valence-corrected chi connectivity index (χ1v) is 10.1. The average Bonchev–Trinajstić information content (AvgIpc) is 3.39. The van der Waals surface area contributed by atoms with Crippen molar-refractivity contribution in [2.24, 2.45) is 0 Å². The molecule has 1 aliphatic rings. The predicted octanol–water partition coefficient (Wildman–Crippen LogP) is 2.83. The van der Waals surface area contributed by atoms with Gasteiger partial charge in [-0.3, -0.25) is 19.4 Å². The van der Waals surface area contributed by atoms with Crippen molar-refractivity contribution in [1.29, 1.82) is 0 Å². The van der Waals surface area contributed by atoms with Gasteiger partial charge in [0.25, 0.3) is 5.91 Å². The molecule has 1 amide bonds. The lowest BCUT2D eigenvalue weighted by Gasteiger charge is -2.10. The van der Waals surface area contributed by atoms with E-state index in [-0.39, 0.29) is 19.1 Å². The van der Waals surface area contributed by atoms with Gasteiger partial charge in [-0.1, -0.05) is 12.1 Å². The Balaban J connectivity index is 1.66. The summed E-state index contributed by atoms with van der Waals surface area (Å²) in [5.41, 5.74) is 6.34. The van der Waals surface area contributed by atoms with Crippen molar-refractivity contribution in [2.45, 2.75) is 19.4 Å². The minimum Gasteiger partial charge on any atom is -0.395 e. The summed E-state index contributed by atoms with van der Waals surface area (Å²) in [4.78, 5) is 21.3. The third-order valence-corrected chi connectivity index (χ3v) is 5.42. The van der Waals surface area contributed by atoms with E-state index in [0.717, 1.165) is 52.8 Å². The van der Waals surface area contributed by atoms with Gasteiger partial charge in [-0.05, 0) is 48.7 Å². The molecule has 150 valence electrons. The molecule has 0 saturated carbocycles. The van der Waals surface area contributed by atoms with E-state index in [0.29, 0.717) is 5.56 Å². The fraction of sp³-hybridized carbons (Fsp3) is 0.217. The third kappa shape index (κ3) is 3.13. The minimum atomic E-state index is -0.223.